The van der Waals surface area contributed by atoms with Crippen LogP contribution in [0.5, 0.6) is 0 Å². The Hall–Kier alpha value is -0.340. The molecule has 1 aliphatic rings. The third kappa shape index (κ3) is 1.86. The molecule has 0 saturated carbocycles. The number of rotatable bonds is 1. The minimum atomic E-state index is 0.576. The lowest BCUT2D eigenvalue weighted by Gasteiger charge is -2.15. The van der Waals surface area contributed by atoms with E-state index in [0.717, 1.165) is 6.54 Å². The van der Waals surface area contributed by atoms with Crippen LogP contribution in [0.2, 0.25) is 0 Å². The molecule has 76 valence electrons. The predicted octanol–water partition coefficient (Wildman–Crippen LogP) is 3.49. The van der Waals surface area contributed by atoms with E-state index in [4.69, 9.17) is 0 Å². The first-order valence-corrected chi connectivity index (χ1v) is 5.98. The van der Waals surface area contributed by atoms with Gasteiger partial charge in [0.2, 0.25) is 0 Å². The zero-order valence-electron chi connectivity index (χ0n) is 8.73. The number of benzene rings is 1. The topological polar surface area (TPSA) is 12.0 Å². The van der Waals surface area contributed by atoms with Gasteiger partial charge in [0.25, 0.3) is 0 Å². The normalized spacial score (nSPS) is 21.5. The third-order valence-electron chi connectivity index (χ3n) is 2.98. The molecule has 1 saturated heterocycles. The van der Waals surface area contributed by atoms with Crippen LogP contribution in [0.15, 0.2) is 16.6 Å². The van der Waals surface area contributed by atoms with Crippen molar-refractivity contribution in [3.63, 3.8) is 0 Å². The second-order valence-corrected chi connectivity index (χ2v) is 4.96. The number of halogens is 1. The summed E-state index contributed by atoms with van der Waals surface area (Å²) in [6.45, 7) is 5.51. The van der Waals surface area contributed by atoms with E-state index in [1.807, 2.05) is 0 Å². The molecular formula is C12H16BrN. The van der Waals surface area contributed by atoms with Gasteiger partial charge in [0.1, 0.15) is 0 Å². The Labute approximate surface area is 94.0 Å². The van der Waals surface area contributed by atoms with Crippen LogP contribution in [-0.2, 0) is 0 Å². The minimum absolute atomic E-state index is 0.576. The monoisotopic (exact) mass is 253 g/mol. The van der Waals surface area contributed by atoms with Crippen LogP contribution in [0.25, 0.3) is 0 Å². The highest BCUT2D eigenvalue weighted by Gasteiger charge is 2.18. The highest BCUT2D eigenvalue weighted by atomic mass is 79.9. The fourth-order valence-corrected chi connectivity index (χ4v) is 2.53. The van der Waals surface area contributed by atoms with E-state index in [-0.39, 0.29) is 0 Å². The van der Waals surface area contributed by atoms with Crippen LogP contribution in [0.3, 0.4) is 0 Å². The lowest BCUT2D eigenvalue weighted by molar-refractivity contribution is 0.643. The molecule has 0 bridgehead atoms. The zero-order chi connectivity index (χ0) is 10.1. The first-order valence-electron chi connectivity index (χ1n) is 5.18. The minimum Gasteiger partial charge on any atom is -0.310 e. The van der Waals surface area contributed by atoms with Gasteiger partial charge in [-0.25, -0.2) is 0 Å². The first-order chi connectivity index (χ1) is 6.68. The quantitative estimate of drug-likeness (QED) is 0.808. The summed E-state index contributed by atoms with van der Waals surface area (Å²) in [4.78, 5) is 0. The molecule has 1 unspecified atom stereocenters. The summed E-state index contributed by atoms with van der Waals surface area (Å²) >= 11 is 3.60. The second kappa shape index (κ2) is 4.03. The van der Waals surface area contributed by atoms with Crippen molar-refractivity contribution in [3.05, 3.63) is 33.3 Å². The van der Waals surface area contributed by atoms with E-state index >= 15 is 0 Å². The largest absolute Gasteiger partial charge is 0.310 e. The lowest BCUT2D eigenvalue weighted by atomic mass is 9.98. The molecule has 1 atom stereocenters. The number of hydrogen-bond donors (Lipinski definition) is 1. The molecule has 2 rings (SSSR count). The van der Waals surface area contributed by atoms with Crippen LogP contribution in [0.1, 0.15) is 35.6 Å². The van der Waals surface area contributed by atoms with E-state index in [9.17, 15) is 0 Å². The smallest absolute Gasteiger partial charge is 0.0323 e. The first kappa shape index (κ1) is 10.2. The van der Waals surface area contributed by atoms with Gasteiger partial charge in [-0.2, -0.15) is 0 Å². The third-order valence-corrected chi connectivity index (χ3v) is 3.84. The fraction of sp³-hybridized carbons (Fsp3) is 0.500. The van der Waals surface area contributed by atoms with Crippen molar-refractivity contribution >= 4 is 15.9 Å². The average molecular weight is 254 g/mol. The maximum Gasteiger partial charge on any atom is 0.0323 e. The molecule has 14 heavy (non-hydrogen) atoms. The molecule has 0 amide bonds. The maximum absolute atomic E-state index is 3.60. The van der Waals surface area contributed by atoms with E-state index in [1.54, 1.807) is 0 Å². The van der Waals surface area contributed by atoms with Crippen molar-refractivity contribution < 1.29 is 0 Å². The summed E-state index contributed by atoms with van der Waals surface area (Å²) in [5.74, 6) is 0. The van der Waals surface area contributed by atoms with Crippen molar-refractivity contribution in [3.8, 4) is 0 Å². The van der Waals surface area contributed by atoms with E-state index in [0.29, 0.717) is 6.04 Å². The molecule has 1 heterocycles. The molecular weight excluding hydrogens is 238 g/mol. The van der Waals surface area contributed by atoms with Crippen LogP contribution < -0.4 is 5.32 Å². The Kier molecular flexibility index (Phi) is 2.93. The molecule has 0 radical (unpaired) electrons. The van der Waals surface area contributed by atoms with E-state index in [1.165, 1.54) is 34.0 Å². The van der Waals surface area contributed by atoms with Crippen molar-refractivity contribution in [2.75, 3.05) is 6.54 Å². The molecule has 1 N–H and O–H groups in total. The summed E-state index contributed by atoms with van der Waals surface area (Å²) < 4.78 is 1.23. The van der Waals surface area contributed by atoms with E-state index < -0.39 is 0 Å². The summed E-state index contributed by atoms with van der Waals surface area (Å²) in [7, 11) is 0. The molecule has 0 aliphatic carbocycles. The number of nitrogens with one attached hydrogen (secondary N) is 1. The highest BCUT2D eigenvalue weighted by Crippen LogP contribution is 2.29. The average Bonchev–Trinajstić information content (AvgIpc) is 2.64. The van der Waals surface area contributed by atoms with Gasteiger partial charge in [-0.1, -0.05) is 22.0 Å². The van der Waals surface area contributed by atoms with Gasteiger partial charge in [-0.05, 0) is 56.0 Å². The SMILES string of the molecule is Cc1cc(C)c(C2CCCN2)cc1Br. The van der Waals surface area contributed by atoms with E-state index in [2.05, 4.69) is 47.2 Å². The molecule has 1 aromatic rings. The molecule has 2 heteroatoms. The van der Waals surface area contributed by atoms with Crippen LogP contribution in [0, 0.1) is 13.8 Å². The van der Waals surface area contributed by atoms with Gasteiger partial charge in [0, 0.05) is 10.5 Å². The van der Waals surface area contributed by atoms with Crippen molar-refractivity contribution in [1.29, 1.82) is 0 Å². The Morgan fingerprint density at radius 3 is 2.71 bits per heavy atom. The van der Waals surface area contributed by atoms with Crippen molar-refractivity contribution in [1.82, 2.24) is 5.32 Å². The van der Waals surface area contributed by atoms with Gasteiger partial charge < -0.3 is 5.32 Å². The molecule has 0 spiro atoms. The number of hydrogen-bond acceptors (Lipinski definition) is 1. The molecule has 0 aromatic heterocycles. The highest BCUT2D eigenvalue weighted by molar-refractivity contribution is 9.10. The zero-order valence-corrected chi connectivity index (χ0v) is 10.3. The Morgan fingerprint density at radius 2 is 2.07 bits per heavy atom. The van der Waals surface area contributed by atoms with Crippen LogP contribution in [-0.4, -0.2) is 6.54 Å². The molecule has 1 aromatic carbocycles. The Morgan fingerprint density at radius 1 is 1.29 bits per heavy atom. The predicted molar refractivity (Wildman–Crippen MR) is 63.6 cm³/mol. The number of aryl methyl sites for hydroxylation is 2. The van der Waals surface area contributed by atoms with Gasteiger partial charge in [-0.15, -0.1) is 0 Å². The summed E-state index contributed by atoms with van der Waals surface area (Å²) in [5.41, 5.74) is 4.19. The Bertz CT molecular complexity index is 340. The standard InChI is InChI=1S/C12H16BrN/c1-8-6-9(2)11(13)7-10(8)12-4-3-5-14-12/h6-7,12,14H,3-5H2,1-2H3. The molecule has 1 nitrogen and oxygen atoms in total. The van der Waals surface area contributed by atoms with Crippen LogP contribution >= 0.6 is 15.9 Å². The lowest BCUT2D eigenvalue weighted by Crippen LogP contribution is -2.14. The van der Waals surface area contributed by atoms with Crippen molar-refractivity contribution in [2.45, 2.75) is 32.7 Å². The van der Waals surface area contributed by atoms with Gasteiger partial charge in [0.15, 0.2) is 0 Å². The van der Waals surface area contributed by atoms with Crippen molar-refractivity contribution in [2.24, 2.45) is 0 Å². The Balaban J connectivity index is 2.37. The van der Waals surface area contributed by atoms with Gasteiger partial charge in [-0.3, -0.25) is 0 Å². The maximum atomic E-state index is 3.60. The van der Waals surface area contributed by atoms with Gasteiger partial charge >= 0.3 is 0 Å². The summed E-state index contributed by atoms with van der Waals surface area (Å²) in [6.07, 6.45) is 2.58. The summed E-state index contributed by atoms with van der Waals surface area (Å²) in [6, 6.07) is 5.11. The fourth-order valence-electron chi connectivity index (χ4n) is 2.17. The molecule has 1 aliphatic heterocycles. The summed E-state index contributed by atoms with van der Waals surface area (Å²) in [5, 5.41) is 3.54. The van der Waals surface area contributed by atoms with Gasteiger partial charge in [0.05, 0.1) is 0 Å². The molecule has 1 fully saturated rings. The second-order valence-electron chi connectivity index (χ2n) is 4.11. The van der Waals surface area contributed by atoms with Crippen LogP contribution in [0.4, 0.5) is 0 Å².